The number of benzene rings is 1. The summed E-state index contributed by atoms with van der Waals surface area (Å²) in [5.41, 5.74) is 10.3. The molecular formula is C17H29N3. The van der Waals surface area contributed by atoms with Gasteiger partial charge in [0, 0.05) is 37.4 Å². The summed E-state index contributed by atoms with van der Waals surface area (Å²) in [6, 6.07) is 7.65. The Balaban J connectivity index is 2.26. The van der Waals surface area contributed by atoms with Gasteiger partial charge in [-0.1, -0.05) is 24.6 Å². The first-order valence-corrected chi connectivity index (χ1v) is 7.81. The van der Waals surface area contributed by atoms with Gasteiger partial charge in [-0.25, -0.2) is 0 Å². The van der Waals surface area contributed by atoms with Crippen molar-refractivity contribution < 1.29 is 0 Å². The van der Waals surface area contributed by atoms with Crippen LogP contribution in [0.15, 0.2) is 18.2 Å². The van der Waals surface area contributed by atoms with E-state index in [-0.39, 0.29) is 6.04 Å². The summed E-state index contributed by atoms with van der Waals surface area (Å²) in [4.78, 5) is 4.96. The number of hydrogen-bond donors (Lipinski definition) is 1. The molecule has 3 heteroatoms. The molecule has 2 rings (SSSR count). The quantitative estimate of drug-likeness (QED) is 0.916. The summed E-state index contributed by atoms with van der Waals surface area (Å²) in [7, 11) is 2.21. The van der Waals surface area contributed by atoms with Gasteiger partial charge in [-0.2, -0.15) is 0 Å². The summed E-state index contributed by atoms with van der Waals surface area (Å²) in [5, 5.41) is 0. The van der Waals surface area contributed by atoms with Crippen LogP contribution < -0.4 is 10.6 Å². The Morgan fingerprint density at radius 2 is 2.10 bits per heavy atom. The SMILES string of the molecule is CCC(N)Cc1cc(C)ccc1N1CCN(C)CC1C. The molecule has 1 fully saturated rings. The molecule has 112 valence electrons. The van der Waals surface area contributed by atoms with Crippen LogP contribution in [0.1, 0.15) is 31.4 Å². The van der Waals surface area contributed by atoms with Crippen molar-refractivity contribution in [3.05, 3.63) is 29.3 Å². The summed E-state index contributed by atoms with van der Waals surface area (Å²) in [6.07, 6.45) is 2.01. The molecule has 2 atom stereocenters. The first-order valence-electron chi connectivity index (χ1n) is 7.81. The second kappa shape index (κ2) is 6.59. The van der Waals surface area contributed by atoms with Gasteiger partial charge in [0.2, 0.25) is 0 Å². The largest absolute Gasteiger partial charge is 0.366 e. The molecule has 1 aliphatic heterocycles. The highest BCUT2D eigenvalue weighted by molar-refractivity contribution is 5.56. The zero-order valence-electron chi connectivity index (χ0n) is 13.4. The molecule has 3 nitrogen and oxygen atoms in total. The van der Waals surface area contributed by atoms with Gasteiger partial charge in [0.15, 0.2) is 0 Å². The Morgan fingerprint density at radius 1 is 1.35 bits per heavy atom. The van der Waals surface area contributed by atoms with E-state index >= 15 is 0 Å². The lowest BCUT2D eigenvalue weighted by Gasteiger charge is -2.41. The van der Waals surface area contributed by atoms with Crippen LogP contribution in [0.3, 0.4) is 0 Å². The van der Waals surface area contributed by atoms with E-state index in [0.717, 1.165) is 32.5 Å². The van der Waals surface area contributed by atoms with E-state index in [9.17, 15) is 0 Å². The zero-order valence-corrected chi connectivity index (χ0v) is 13.4. The van der Waals surface area contributed by atoms with E-state index in [0.29, 0.717) is 6.04 Å². The molecule has 0 aliphatic carbocycles. The maximum Gasteiger partial charge on any atom is 0.0402 e. The van der Waals surface area contributed by atoms with Crippen molar-refractivity contribution in [3.8, 4) is 0 Å². The minimum atomic E-state index is 0.262. The van der Waals surface area contributed by atoms with Crippen LogP contribution in [0.4, 0.5) is 5.69 Å². The van der Waals surface area contributed by atoms with Crippen molar-refractivity contribution >= 4 is 5.69 Å². The number of anilines is 1. The Morgan fingerprint density at radius 3 is 2.75 bits per heavy atom. The third kappa shape index (κ3) is 3.53. The van der Waals surface area contributed by atoms with Crippen LogP contribution in [-0.4, -0.2) is 43.7 Å². The highest BCUT2D eigenvalue weighted by atomic mass is 15.3. The fraction of sp³-hybridized carbons (Fsp3) is 0.647. The lowest BCUT2D eigenvalue weighted by Crippen LogP contribution is -2.50. The number of nitrogens with zero attached hydrogens (tertiary/aromatic N) is 2. The smallest absolute Gasteiger partial charge is 0.0402 e. The third-order valence-corrected chi connectivity index (χ3v) is 4.38. The second-order valence-electron chi connectivity index (χ2n) is 6.31. The van der Waals surface area contributed by atoms with Crippen LogP contribution in [0, 0.1) is 6.92 Å². The van der Waals surface area contributed by atoms with E-state index in [1.165, 1.54) is 16.8 Å². The van der Waals surface area contributed by atoms with Crippen molar-refractivity contribution in [2.45, 2.75) is 45.7 Å². The van der Waals surface area contributed by atoms with E-state index in [1.54, 1.807) is 0 Å². The summed E-state index contributed by atoms with van der Waals surface area (Å²) < 4.78 is 0. The fourth-order valence-corrected chi connectivity index (χ4v) is 3.08. The lowest BCUT2D eigenvalue weighted by molar-refractivity contribution is 0.275. The standard InChI is InChI=1S/C17H29N3/c1-5-16(18)11-15-10-13(2)6-7-17(15)20-9-8-19(4)12-14(20)3/h6-7,10,14,16H,5,8-9,11-12,18H2,1-4H3. The van der Waals surface area contributed by atoms with Gasteiger partial charge in [-0.05, 0) is 45.4 Å². The number of nitrogens with two attached hydrogens (primary N) is 1. The first kappa shape index (κ1) is 15.3. The lowest BCUT2D eigenvalue weighted by atomic mass is 9.99. The number of hydrogen-bond acceptors (Lipinski definition) is 3. The van der Waals surface area contributed by atoms with Crippen molar-refractivity contribution in [3.63, 3.8) is 0 Å². The molecule has 0 amide bonds. The predicted molar refractivity (Wildman–Crippen MR) is 87.5 cm³/mol. The van der Waals surface area contributed by atoms with E-state index in [2.05, 4.69) is 55.8 Å². The van der Waals surface area contributed by atoms with Crippen LogP contribution in [0.2, 0.25) is 0 Å². The van der Waals surface area contributed by atoms with Gasteiger partial charge in [-0.15, -0.1) is 0 Å². The normalized spacial score (nSPS) is 22.1. The van der Waals surface area contributed by atoms with Crippen molar-refractivity contribution in [1.29, 1.82) is 0 Å². The molecule has 0 saturated carbocycles. The molecule has 0 radical (unpaired) electrons. The van der Waals surface area contributed by atoms with Crippen molar-refractivity contribution in [1.82, 2.24) is 4.90 Å². The number of rotatable bonds is 4. The maximum atomic E-state index is 6.18. The van der Waals surface area contributed by atoms with Gasteiger partial charge in [0.05, 0.1) is 0 Å². The molecule has 1 heterocycles. The van der Waals surface area contributed by atoms with Gasteiger partial charge in [0.1, 0.15) is 0 Å². The van der Waals surface area contributed by atoms with Crippen molar-refractivity contribution in [2.24, 2.45) is 5.73 Å². The molecule has 0 spiro atoms. The van der Waals surface area contributed by atoms with E-state index < -0.39 is 0 Å². The minimum absolute atomic E-state index is 0.262. The molecule has 1 aliphatic rings. The highest BCUT2D eigenvalue weighted by Gasteiger charge is 2.23. The minimum Gasteiger partial charge on any atom is -0.366 e. The maximum absolute atomic E-state index is 6.18. The Bertz CT molecular complexity index is 444. The molecule has 1 saturated heterocycles. The number of piperazine rings is 1. The summed E-state index contributed by atoms with van der Waals surface area (Å²) in [6.45, 7) is 10.0. The zero-order chi connectivity index (χ0) is 14.7. The molecule has 1 aromatic rings. The van der Waals surface area contributed by atoms with E-state index in [1.807, 2.05) is 0 Å². The molecule has 1 aromatic carbocycles. The molecule has 2 unspecified atom stereocenters. The second-order valence-corrected chi connectivity index (χ2v) is 6.31. The van der Waals surface area contributed by atoms with Crippen LogP contribution in [-0.2, 0) is 6.42 Å². The molecule has 20 heavy (non-hydrogen) atoms. The molecule has 0 bridgehead atoms. The summed E-state index contributed by atoms with van der Waals surface area (Å²) in [5.74, 6) is 0. The van der Waals surface area contributed by atoms with Gasteiger partial charge >= 0.3 is 0 Å². The first-order chi connectivity index (χ1) is 9.51. The van der Waals surface area contributed by atoms with Gasteiger partial charge in [-0.3, -0.25) is 0 Å². The monoisotopic (exact) mass is 275 g/mol. The van der Waals surface area contributed by atoms with Crippen LogP contribution in [0.25, 0.3) is 0 Å². The highest BCUT2D eigenvalue weighted by Crippen LogP contribution is 2.27. The topological polar surface area (TPSA) is 32.5 Å². The Hall–Kier alpha value is -1.06. The third-order valence-electron chi connectivity index (χ3n) is 4.38. The molecule has 0 aromatic heterocycles. The average molecular weight is 275 g/mol. The summed E-state index contributed by atoms with van der Waals surface area (Å²) >= 11 is 0. The number of aryl methyl sites for hydroxylation is 1. The van der Waals surface area contributed by atoms with Gasteiger partial charge in [0.25, 0.3) is 0 Å². The Labute approximate surface area is 123 Å². The average Bonchev–Trinajstić information content (AvgIpc) is 2.40. The van der Waals surface area contributed by atoms with Gasteiger partial charge < -0.3 is 15.5 Å². The number of likely N-dealkylation sites (N-methyl/N-ethyl adjacent to an activating group) is 1. The van der Waals surface area contributed by atoms with E-state index in [4.69, 9.17) is 5.73 Å². The van der Waals surface area contributed by atoms with Crippen LogP contribution in [0.5, 0.6) is 0 Å². The van der Waals surface area contributed by atoms with Crippen LogP contribution >= 0.6 is 0 Å². The molecular weight excluding hydrogens is 246 g/mol. The predicted octanol–water partition coefficient (Wildman–Crippen LogP) is 2.42. The van der Waals surface area contributed by atoms with Crippen molar-refractivity contribution in [2.75, 3.05) is 31.6 Å². The fourth-order valence-electron chi connectivity index (χ4n) is 3.08. The Kier molecular flexibility index (Phi) is 5.06. The molecule has 2 N–H and O–H groups in total.